The first-order chi connectivity index (χ1) is 9.02. The third-order valence-corrected chi connectivity index (χ3v) is 4.03. The summed E-state index contributed by atoms with van der Waals surface area (Å²) in [5, 5.41) is 0. The van der Waals surface area contributed by atoms with Crippen molar-refractivity contribution in [2.45, 2.75) is 57.9 Å². The molecule has 0 aromatic carbocycles. The quantitative estimate of drug-likeness (QED) is 0.905. The molecule has 106 valence electrons. The third-order valence-electron chi connectivity index (χ3n) is 4.03. The largest absolute Gasteiger partial charge is 0.354 e. The Labute approximate surface area is 117 Å². The lowest BCUT2D eigenvalue weighted by Crippen LogP contribution is -2.30. The predicted molar refractivity (Wildman–Crippen MR) is 81.6 cm³/mol. The van der Waals surface area contributed by atoms with Gasteiger partial charge in [-0.25, -0.2) is 4.98 Å². The normalized spacial score (nSPS) is 20.0. The van der Waals surface area contributed by atoms with E-state index < -0.39 is 0 Å². The van der Waals surface area contributed by atoms with Crippen LogP contribution in [0.3, 0.4) is 0 Å². The van der Waals surface area contributed by atoms with Crippen molar-refractivity contribution in [3.63, 3.8) is 0 Å². The molecule has 1 unspecified atom stereocenters. The molecule has 1 atom stereocenters. The van der Waals surface area contributed by atoms with E-state index in [1.54, 1.807) is 0 Å². The molecule has 2 rings (SSSR count). The second kappa shape index (κ2) is 5.91. The lowest BCUT2D eigenvalue weighted by atomic mass is 9.88. The van der Waals surface area contributed by atoms with E-state index in [4.69, 9.17) is 5.73 Å². The molecule has 1 aromatic heterocycles. The van der Waals surface area contributed by atoms with E-state index >= 15 is 0 Å². The van der Waals surface area contributed by atoms with E-state index in [9.17, 15) is 0 Å². The zero-order chi connectivity index (χ0) is 13.9. The molecule has 3 nitrogen and oxygen atoms in total. The molecule has 2 N–H and O–H groups in total. The Bertz CT molecular complexity index is 391. The maximum absolute atomic E-state index is 5.62. The zero-order valence-corrected chi connectivity index (χ0v) is 12.5. The standard InChI is InChI=1S/C16H27N3/c1-16(2,3)13-8-9-15(18-12-13)19-11-5-7-14(19)6-4-10-17/h8-9,12,14H,4-7,10-11,17H2,1-3H3. The molecule has 0 radical (unpaired) electrons. The molecule has 0 bridgehead atoms. The Morgan fingerprint density at radius 1 is 1.37 bits per heavy atom. The minimum Gasteiger partial charge on any atom is -0.354 e. The van der Waals surface area contributed by atoms with Crippen molar-refractivity contribution in [3.05, 3.63) is 23.9 Å². The van der Waals surface area contributed by atoms with Crippen LogP contribution in [0.4, 0.5) is 5.82 Å². The summed E-state index contributed by atoms with van der Waals surface area (Å²) in [5.41, 5.74) is 7.10. The zero-order valence-electron chi connectivity index (χ0n) is 12.5. The Hall–Kier alpha value is -1.09. The van der Waals surface area contributed by atoms with Gasteiger partial charge < -0.3 is 10.6 Å². The Balaban J connectivity index is 2.08. The van der Waals surface area contributed by atoms with Crippen LogP contribution < -0.4 is 10.6 Å². The van der Waals surface area contributed by atoms with Gasteiger partial charge in [0.1, 0.15) is 5.82 Å². The number of nitrogens with two attached hydrogens (primary N) is 1. The highest BCUT2D eigenvalue weighted by Crippen LogP contribution is 2.28. The molecule has 3 heteroatoms. The molecule has 1 aliphatic heterocycles. The smallest absolute Gasteiger partial charge is 0.128 e. The minimum absolute atomic E-state index is 0.176. The topological polar surface area (TPSA) is 42.1 Å². The summed E-state index contributed by atoms with van der Waals surface area (Å²) in [5.74, 6) is 1.13. The van der Waals surface area contributed by atoms with Gasteiger partial charge in [-0.05, 0) is 49.3 Å². The van der Waals surface area contributed by atoms with Gasteiger partial charge in [0.05, 0.1) is 0 Å². The van der Waals surface area contributed by atoms with Gasteiger partial charge in [-0.15, -0.1) is 0 Å². The third kappa shape index (κ3) is 3.47. The molecule has 1 fully saturated rings. The monoisotopic (exact) mass is 261 g/mol. The molecule has 0 saturated carbocycles. The number of pyridine rings is 1. The summed E-state index contributed by atoms with van der Waals surface area (Å²) < 4.78 is 0. The fourth-order valence-corrected chi connectivity index (χ4v) is 2.79. The van der Waals surface area contributed by atoms with E-state index in [1.807, 2.05) is 6.20 Å². The minimum atomic E-state index is 0.176. The fourth-order valence-electron chi connectivity index (χ4n) is 2.79. The number of nitrogens with zero attached hydrogens (tertiary/aromatic N) is 2. The van der Waals surface area contributed by atoms with Crippen molar-refractivity contribution >= 4 is 5.82 Å². The molecule has 1 aromatic rings. The van der Waals surface area contributed by atoms with Gasteiger partial charge in [-0.3, -0.25) is 0 Å². The Morgan fingerprint density at radius 3 is 2.74 bits per heavy atom. The van der Waals surface area contributed by atoms with Crippen LogP contribution in [0.1, 0.15) is 52.0 Å². The molecule has 0 aliphatic carbocycles. The van der Waals surface area contributed by atoms with Crippen LogP contribution in [0.5, 0.6) is 0 Å². The molecule has 1 saturated heterocycles. The highest BCUT2D eigenvalue weighted by Gasteiger charge is 2.25. The van der Waals surface area contributed by atoms with Crippen LogP contribution in [-0.4, -0.2) is 24.1 Å². The van der Waals surface area contributed by atoms with Gasteiger partial charge >= 0.3 is 0 Å². The molecule has 0 spiro atoms. The maximum Gasteiger partial charge on any atom is 0.128 e. The molecular formula is C16H27N3. The van der Waals surface area contributed by atoms with Crippen molar-refractivity contribution < 1.29 is 0 Å². The molecule has 1 aliphatic rings. The van der Waals surface area contributed by atoms with Gasteiger partial charge in [-0.1, -0.05) is 26.8 Å². The number of rotatable bonds is 4. The average molecular weight is 261 g/mol. The summed E-state index contributed by atoms with van der Waals surface area (Å²) in [7, 11) is 0. The van der Waals surface area contributed by atoms with Crippen molar-refractivity contribution in [2.75, 3.05) is 18.0 Å². The van der Waals surface area contributed by atoms with Gasteiger partial charge in [0.25, 0.3) is 0 Å². The maximum atomic E-state index is 5.62. The van der Waals surface area contributed by atoms with Gasteiger partial charge in [0, 0.05) is 18.8 Å². The lowest BCUT2D eigenvalue weighted by molar-refractivity contribution is 0.576. The first kappa shape index (κ1) is 14.3. The van der Waals surface area contributed by atoms with Gasteiger partial charge in [0.15, 0.2) is 0 Å². The second-order valence-electron chi connectivity index (χ2n) is 6.58. The lowest BCUT2D eigenvalue weighted by Gasteiger charge is -2.27. The predicted octanol–water partition coefficient (Wildman–Crippen LogP) is 3.09. The van der Waals surface area contributed by atoms with E-state index in [0.29, 0.717) is 6.04 Å². The fraction of sp³-hybridized carbons (Fsp3) is 0.688. The first-order valence-electron chi connectivity index (χ1n) is 7.45. The van der Waals surface area contributed by atoms with Crippen LogP contribution in [0.25, 0.3) is 0 Å². The average Bonchev–Trinajstić information content (AvgIpc) is 2.83. The van der Waals surface area contributed by atoms with Gasteiger partial charge in [0.2, 0.25) is 0 Å². The Kier molecular flexibility index (Phi) is 4.46. The molecule has 19 heavy (non-hydrogen) atoms. The van der Waals surface area contributed by atoms with Crippen molar-refractivity contribution in [1.29, 1.82) is 0 Å². The van der Waals surface area contributed by atoms with Crippen molar-refractivity contribution in [3.8, 4) is 0 Å². The highest BCUT2D eigenvalue weighted by molar-refractivity contribution is 5.42. The summed E-state index contributed by atoms with van der Waals surface area (Å²) in [6, 6.07) is 5.04. The molecule has 2 heterocycles. The van der Waals surface area contributed by atoms with Crippen LogP contribution in [0.15, 0.2) is 18.3 Å². The number of aromatic nitrogens is 1. The highest BCUT2D eigenvalue weighted by atomic mass is 15.2. The van der Waals surface area contributed by atoms with E-state index in [1.165, 1.54) is 24.8 Å². The van der Waals surface area contributed by atoms with Gasteiger partial charge in [-0.2, -0.15) is 0 Å². The summed E-state index contributed by atoms with van der Waals surface area (Å²) >= 11 is 0. The number of hydrogen-bond donors (Lipinski definition) is 1. The van der Waals surface area contributed by atoms with Crippen molar-refractivity contribution in [1.82, 2.24) is 4.98 Å². The summed E-state index contributed by atoms with van der Waals surface area (Å²) in [4.78, 5) is 7.14. The molecular weight excluding hydrogens is 234 g/mol. The Morgan fingerprint density at radius 2 is 2.16 bits per heavy atom. The number of hydrogen-bond acceptors (Lipinski definition) is 3. The van der Waals surface area contributed by atoms with Crippen LogP contribution in [0, 0.1) is 0 Å². The first-order valence-corrected chi connectivity index (χ1v) is 7.45. The molecule has 0 amide bonds. The van der Waals surface area contributed by atoms with Crippen LogP contribution >= 0.6 is 0 Å². The summed E-state index contributed by atoms with van der Waals surface area (Å²) in [6.45, 7) is 8.61. The van der Waals surface area contributed by atoms with Crippen LogP contribution in [-0.2, 0) is 5.41 Å². The number of anilines is 1. The van der Waals surface area contributed by atoms with Crippen molar-refractivity contribution in [2.24, 2.45) is 5.73 Å². The SMILES string of the molecule is CC(C)(C)c1ccc(N2CCCC2CCCN)nc1. The van der Waals surface area contributed by atoms with E-state index in [0.717, 1.165) is 25.3 Å². The van der Waals surface area contributed by atoms with E-state index in [-0.39, 0.29) is 5.41 Å². The summed E-state index contributed by atoms with van der Waals surface area (Å²) in [6.07, 6.45) is 6.90. The van der Waals surface area contributed by atoms with E-state index in [2.05, 4.69) is 42.8 Å². The second-order valence-corrected chi connectivity index (χ2v) is 6.58. The van der Waals surface area contributed by atoms with Crippen LogP contribution in [0.2, 0.25) is 0 Å².